The number of hydrogen-bond donors (Lipinski definition) is 2. The number of likely N-dealkylation sites (N-methyl/N-ethyl adjacent to an activating group) is 1. The van der Waals surface area contributed by atoms with Crippen LogP contribution in [0.15, 0.2) is 12.1 Å². The number of anilines is 2. The molecule has 0 spiro atoms. The molecule has 1 fully saturated rings. The zero-order chi connectivity index (χ0) is 15.6. The zero-order valence-corrected chi connectivity index (χ0v) is 12.4. The van der Waals surface area contributed by atoms with E-state index in [-0.39, 0.29) is 11.9 Å². The molecule has 4 N–H and O–H groups in total. The van der Waals surface area contributed by atoms with E-state index in [9.17, 15) is 9.59 Å². The standard InChI is InChI=1S/C15H21N3O3/c1-3-18-9(4-7-13(18)19)8-11-12(16)6-5-10(14(11)17)15(20)21-2/h5-6,9H,3-4,7-8,16-17H2,1-2H3. The minimum Gasteiger partial charge on any atom is -0.465 e. The summed E-state index contributed by atoms with van der Waals surface area (Å²) in [5.74, 6) is -0.327. The first-order valence-electron chi connectivity index (χ1n) is 7.04. The molecule has 0 aliphatic carbocycles. The maximum absolute atomic E-state index is 11.8. The SMILES string of the molecule is CCN1C(=O)CCC1Cc1c(N)ccc(C(=O)OC)c1N. The molecule has 1 aliphatic rings. The van der Waals surface area contributed by atoms with Crippen LogP contribution in [0.1, 0.15) is 35.7 Å². The van der Waals surface area contributed by atoms with Gasteiger partial charge in [-0.3, -0.25) is 4.79 Å². The third kappa shape index (κ3) is 2.79. The van der Waals surface area contributed by atoms with E-state index in [0.717, 1.165) is 12.0 Å². The highest BCUT2D eigenvalue weighted by molar-refractivity contribution is 5.97. The van der Waals surface area contributed by atoms with Gasteiger partial charge in [-0.2, -0.15) is 0 Å². The average Bonchev–Trinajstić information content (AvgIpc) is 2.82. The largest absolute Gasteiger partial charge is 0.465 e. The van der Waals surface area contributed by atoms with Crippen LogP contribution < -0.4 is 11.5 Å². The Balaban J connectivity index is 2.31. The predicted octanol–water partition coefficient (Wildman–Crippen LogP) is 1.19. The number of hydrogen-bond acceptors (Lipinski definition) is 5. The molecule has 1 amide bonds. The van der Waals surface area contributed by atoms with Crippen molar-refractivity contribution in [2.24, 2.45) is 0 Å². The molecule has 0 aromatic heterocycles. The molecule has 1 heterocycles. The number of carbonyl (C=O) groups excluding carboxylic acids is 2. The van der Waals surface area contributed by atoms with Gasteiger partial charge in [-0.25, -0.2) is 4.79 Å². The normalized spacial score (nSPS) is 18.1. The minimum atomic E-state index is -0.483. The minimum absolute atomic E-state index is 0.0833. The number of nitrogens with zero attached hydrogens (tertiary/aromatic N) is 1. The van der Waals surface area contributed by atoms with Gasteiger partial charge in [-0.05, 0) is 31.9 Å². The van der Waals surface area contributed by atoms with Gasteiger partial charge < -0.3 is 21.1 Å². The van der Waals surface area contributed by atoms with Gasteiger partial charge in [0.05, 0.1) is 18.4 Å². The number of benzene rings is 1. The molecule has 0 bridgehead atoms. The number of amides is 1. The number of methoxy groups -OCH3 is 1. The van der Waals surface area contributed by atoms with Crippen molar-refractivity contribution in [3.8, 4) is 0 Å². The van der Waals surface area contributed by atoms with Crippen LogP contribution in [0.5, 0.6) is 0 Å². The molecule has 6 nitrogen and oxygen atoms in total. The summed E-state index contributed by atoms with van der Waals surface area (Å²) in [5.41, 5.74) is 14.0. The van der Waals surface area contributed by atoms with Crippen molar-refractivity contribution in [2.75, 3.05) is 25.1 Å². The fourth-order valence-electron chi connectivity index (χ4n) is 2.87. The maximum atomic E-state index is 11.8. The summed E-state index contributed by atoms with van der Waals surface area (Å²) in [5, 5.41) is 0. The van der Waals surface area contributed by atoms with Crippen molar-refractivity contribution in [2.45, 2.75) is 32.2 Å². The molecule has 1 aromatic rings. The quantitative estimate of drug-likeness (QED) is 0.641. The first kappa shape index (κ1) is 15.2. The average molecular weight is 291 g/mol. The number of nitrogen functional groups attached to an aromatic ring is 2. The molecule has 1 aromatic carbocycles. The molecule has 2 rings (SSSR count). The Bertz CT molecular complexity index is 572. The van der Waals surface area contributed by atoms with Gasteiger partial charge in [0, 0.05) is 30.3 Å². The van der Waals surface area contributed by atoms with E-state index >= 15 is 0 Å². The number of esters is 1. The summed E-state index contributed by atoms with van der Waals surface area (Å²) in [6.07, 6.45) is 1.89. The van der Waals surface area contributed by atoms with Crippen molar-refractivity contribution in [3.63, 3.8) is 0 Å². The highest BCUT2D eigenvalue weighted by Crippen LogP contribution is 2.30. The number of ether oxygens (including phenoxy) is 1. The summed E-state index contributed by atoms with van der Waals surface area (Å²) in [6.45, 7) is 2.62. The van der Waals surface area contributed by atoms with Gasteiger partial charge in [0.2, 0.25) is 5.91 Å². The Morgan fingerprint density at radius 3 is 2.76 bits per heavy atom. The van der Waals surface area contributed by atoms with Gasteiger partial charge in [-0.15, -0.1) is 0 Å². The first-order chi connectivity index (χ1) is 9.99. The summed E-state index contributed by atoms with van der Waals surface area (Å²) < 4.78 is 4.72. The highest BCUT2D eigenvalue weighted by Gasteiger charge is 2.31. The molecule has 1 aliphatic heterocycles. The van der Waals surface area contributed by atoms with E-state index in [1.54, 1.807) is 12.1 Å². The topological polar surface area (TPSA) is 98.6 Å². The summed E-state index contributed by atoms with van der Waals surface area (Å²) >= 11 is 0. The monoisotopic (exact) mass is 291 g/mol. The second kappa shape index (κ2) is 6.03. The molecular weight excluding hydrogens is 270 g/mol. The van der Waals surface area contributed by atoms with E-state index in [1.807, 2.05) is 11.8 Å². The smallest absolute Gasteiger partial charge is 0.339 e. The highest BCUT2D eigenvalue weighted by atomic mass is 16.5. The van der Waals surface area contributed by atoms with Crippen LogP contribution >= 0.6 is 0 Å². The second-order valence-electron chi connectivity index (χ2n) is 5.16. The summed E-state index contributed by atoms with van der Waals surface area (Å²) in [7, 11) is 1.31. The lowest BCUT2D eigenvalue weighted by Crippen LogP contribution is -2.34. The van der Waals surface area contributed by atoms with Crippen LogP contribution in [0.25, 0.3) is 0 Å². The first-order valence-corrected chi connectivity index (χ1v) is 7.04. The number of carbonyl (C=O) groups is 2. The molecule has 1 atom stereocenters. The Hall–Kier alpha value is -2.24. The molecule has 1 unspecified atom stereocenters. The van der Waals surface area contributed by atoms with Gasteiger partial charge in [-0.1, -0.05) is 0 Å². The molecule has 0 saturated carbocycles. The van der Waals surface area contributed by atoms with Crippen molar-refractivity contribution in [1.82, 2.24) is 4.90 Å². The fourth-order valence-corrected chi connectivity index (χ4v) is 2.87. The van der Waals surface area contributed by atoms with Crippen LogP contribution in [0, 0.1) is 0 Å². The third-order valence-electron chi connectivity index (χ3n) is 4.03. The molecule has 1 saturated heterocycles. The summed E-state index contributed by atoms with van der Waals surface area (Å²) in [6, 6.07) is 3.31. The second-order valence-corrected chi connectivity index (χ2v) is 5.16. The molecule has 21 heavy (non-hydrogen) atoms. The zero-order valence-electron chi connectivity index (χ0n) is 12.4. The lowest BCUT2D eigenvalue weighted by atomic mass is 9.97. The molecule has 0 radical (unpaired) electrons. The van der Waals surface area contributed by atoms with Gasteiger partial charge in [0.25, 0.3) is 0 Å². The third-order valence-corrected chi connectivity index (χ3v) is 4.03. The number of likely N-dealkylation sites (tertiary alicyclic amines) is 1. The lowest BCUT2D eigenvalue weighted by Gasteiger charge is -2.24. The number of rotatable bonds is 4. The van der Waals surface area contributed by atoms with E-state index < -0.39 is 5.97 Å². The van der Waals surface area contributed by atoms with E-state index in [4.69, 9.17) is 16.2 Å². The van der Waals surface area contributed by atoms with Crippen molar-refractivity contribution in [3.05, 3.63) is 23.3 Å². The van der Waals surface area contributed by atoms with Crippen molar-refractivity contribution < 1.29 is 14.3 Å². The van der Waals surface area contributed by atoms with Gasteiger partial charge in [0.1, 0.15) is 0 Å². The van der Waals surface area contributed by atoms with E-state index in [0.29, 0.717) is 36.3 Å². The Morgan fingerprint density at radius 2 is 2.14 bits per heavy atom. The lowest BCUT2D eigenvalue weighted by molar-refractivity contribution is -0.128. The fraction of sp³-hybridized carbons (Fsp3) is 0.467. The van der Waals surface area contributed by atoms with Crippen LogP contribution in [-0.4, -0.2) is 36.5 Å². The maximum Gasteiger partial charge on any atom is 0.339 e. The molecule has 114 valence electrons. The van der Waals surface area contributed by atoms with Crippen LogP contribution in [-0.2, 0) is 16.0 Å². The van der Waals surface area contributed by atoms with Crippen LogP contribution in [0.4, 0.5) is 11.4 Å². The Labute approximate surface area is 124 Å². The van der Waals surface area contributed by atoms with E-state index in [2.05, 4.69) is 0 Å². The van der Waals surface area contributed by atoms with Crippen molar-refractivity contribution >= 4 is 23.3 Å². The van der Waals surface area contributed by atoms with Gasteiger partial charge in [0.15, 0.2) is 0 Å². The Kier molecular flexibility index (Phi) is 4.35. The predicted molar refractivity (Wildman–Crippen MR) is 80.7 cm³/mol. The summed E-state index contributed by atoms with van der Waals surface area (Å²) in [4.78, 5) is 25.3. The Morgan fingerprint density at radius 1 is 1.43 bits per heavy atom. The van der Waals surface area contributed by atoms with Gasteiger partial charge >= 0.3 is 5.97 Å². The van der Waals surface area contributed by atoms with Crippen molar-refractivity contribution in [1.29, 1.82) is 0 Å². The molecule has 6 heteroatoms. The van der Waals surface area contributed by atoms with Crippen LogP contribution in [0.2, 0.25) is 0 Å². The van der Waals surface area contributed by atoms with E-state index in [1.165, 1.54) is 7.11 Å². The molecular formula is C15H21N3O3. The number of nitrogens with two attached hydrogens (primary N) is 2. The van der Waals surface area contributed by atoms with Crippen LogP contribution in [0.3, 0.4) is 0 Å².